The molecule has 2 fully saturated rings. The van der Waals surface area contributed by atoms with E-state index in [-0.39, 0.29) is 47.2 Å². The molecule has 11 rings (SSSR count). The maximum Gasteiger partial charge on any atom is 0.438 e. The number of aromatic nitrogens is 9. The highest BCUT2D eigenvalue weighted by molar-refractivity contribution is 6.00. The zero-order valence-electron chi connectivity index (χ0n) is 35.8. The summed E-state index contributed by atoms with van der Waals surface area (Å²) in [6.45, 7) is 5.19. The predicted molar refractivity (Wildman–Crippen MR) is 229 cm³/mol. The highest BCUT2D eigenvalue weighted by Gasteiger charge is 2.52. The van der Waals surface area contributed by atoms with Crippen molar-refractivity contribution in [2.45, 2.75) is 83.1 Å². The Morgan fingerprint density at radius 3 is 2.36 bits per heavy atom. The first-order chi connectivity index (χ1) is 31.6. The fourth-order valence-corrected chi connectivity index (χ4v) is 10.1. The van der Waals surface area contributed by atoms with Gasteiger partial charge in [-0.1, -0.05) is 11.2 Å². The van der Waals surface area contributed by atoms with Crippen LogP contribution in [0.3, 0.4) is 0 Å². The van der Waals surface area contributed by atoms with E-state index >= 15 is 13.6 Å². The minimum Gasteiger partial charge on any atom is -0.381 e. The maximum absolute atomic E-state index is 16.2. The predicted octanol–water partition coefficient (Wildman–Crippen LogP) is 7.44. The lowest BCUT2D eigenvalue weighted by molar-refractivity contribution is -0.141. The molecule has 0 spiro atoms. The van der Waals surface area contributed by atoms with Crippen molar-refractivity contribution in [3.8, 4) is 17.2 Å². The van der Waals surface area contributed by atoms with Crippen LogP contribution in [0.2, 0.25) is 0 Å². The Kier molecular flexibility index (Phi) is 9.44. The van der Waals surface area contributed by atoms with Crippen molar-refractivity contribution in [3.63, 3.8) is 0 Å². The number of carbonyl (C=O) groups is 1. The number of hydrogen-bond donors (Lipinski definition) is 1. The van der Waals surface area contributed by atoms with E-state index in [1.165, 1.54) is 33.8 Å². The van der Waals surface area contributed by atoms with Gasteiger partial charge in [0.2, 0.25) is 0 Å². The third kappa shape index (κ3) is 6.54. The topological polar surface area (TPSA) is 156 Å². The second kappa shape index (κ2) is 15.0. The van der Waals surface area contributed by atoms with Crippen molar-refractivity contribution in [2.75, 3.05) is 19.8 Å². The summed E-state index contributed by atoms with van der Waals surface area (Å²) in [5, 5.41) is 13.4. The summed E-state index contributed by atoms with van der Waals surface area (Å²) in [4.78, 5) is 46.7. The first-order valence-electron chi connectivity index (χ1n) is 21.6. The smallest absolute Gasteiger partial charge is 0.381 e. The van der Waals surface area contributed by atoms with Crippen molar-refractivity contribution in [1.82, 2.24) is 48.3 Å². The van der Waals surface area contributed by atoms with Gasteiger partial charge in [0.05, 0.1) is 40.2 Å². The SMILES string of the molecule is Cc1cc(-n2nc3c(c2-n2ccn(-c4ccc5c(cnn5CC(F)(F)F)c4F)c2=O)[C@H](C)N(C(=O)c2cc4cc(C5CCOCC5)ccc4n2C2(c4noc(=O)[nH]4)CC2)CC3)cc(C)c1F. The zero-order valence-corrected chi connectivity index (χ0v) is 35.8. The molecular weight excluding hydrogens is 868 g/mol. The van der Waals surface area contributed by atoms with Gasteiger partial charge in [0, 0.05) is 55.0 Å². The molecule has 1 aliphatic carbocycles. The molecule has 3 aromatic carbocycles. The number of nitrogens with one attached hydrogen (secondary N) is 1. The van der Waals surface area contributed by atoms with Crippen LogP contribution >= 0.6 is 0 Å². The quantitative estimate of drug-likeness (QED) is 0.154. The van der Waals surface area contributed by atoms with E-state index < -0.39 is 47.4 Å². The molecular formula is C46H41F5N10O5. The third-order valence-electron chi connectivity index (χ3n) is 13.5. The first kappa shape index (κ1) is 41.6. The Morgan fingerprint density at radius 2 is 1.67 bits per heavy atom. The molecule has 1 N–H and O–H groups in total. The Bertz CT molecular complexity index is 3370. The summed E-state index contributed by atoms with van der Waals surface area (Å²) >= 11 is 0. The molecule has 1 saturated heterocycles. The van der Waals surface area contributed by atoms with E-state index in [1.807, 2.05) is 23.6 Å². The largest absolute Gasteiger partial charge is 0.438 e. The number of fused-ring (bicyclic) bond motifs is 3. The molecule has 7 heterocycles. The van der Waals surface area contributed by atoms with E-state index in [0.29, 0.717) is 70.3 Å². The van der Waals surface area contributed by atoms with Gasteiger partial charge in [0.15, 0.2) is 11.6 Å². The average molecular weight is 909 g/mol. The Hall–Kier alpha value is -7.09. The number of H-pyrrole nitrogens is 1. The van der Waals surface area contributed by atoms with Gasteiger partial charge in [0.25, 0.3) is 5.91 Å². The number of carbonyl (C=O) groups excluding carboxylic acids is 1. The number of alkyl halides is 3. The number of halogens is 5. The molecule has 1 saturated carbocycles. The minimum absolute atomic E-state index is 0.102. The van der Waals surface area contributed by atoms with Crippen molar-refractivity contribution in [3.05, 3.63) is 139 Å². The van der Waals surface area contributed by atoms with Crippen LogP contribution in [0.25, 0.3) is 39.0 Å². The molecule has 66 heavy (non-hydrogen) atoms. The lowest BCUT2D eigenvalue weighted by Crippen LogP contribution is -2.41. The van der Waals surface area contributed by atoms with Crippen molar-refractivity contribution in [1.29, 1.82) is 0 Å². The highest BCUT2D eigenvalue weighted by atomic mass is 19.4. The highest BCUT2D eigenvalue weighted by Crippen LogP contribution is 2.51. The number of benzene rings is 3. The van der Waals surface area contributed by atoms with Crippen LogP contribution in [0.15, 0.2) is 81.2 Å². The van der Waals surface area contributed by atoms with E-state index in [0.717, 1.165) is 40.1 Å². The normalized spacial score (nSPS) is 17.6. The third-order valence-corrected chi connectivity index (χ3v) is 13.5. The Balaban J connectivity index is 1.04. The van der Waals surface area contributed by atoms with E-state index in [1.54, 1.807) is 30.9 Å². The standard InChI is InChI=1S/C46H41F5N10O5/c1-24-18-30(19-25(2)38(24)47)61-40(58-15-14-57(44(58)64)35-7-6-34-31(39(35)48)22-52-59(34)23-46(49,50)51)37-26(3)56(13-8-32(37)54-61)41(62)36-21-29-20-28(27-9-16-65-17-10-27)4-5-33(29)60(36)45(11-12-45)42-53-43(63)66-55-42/h4-7,14-15,18-22,26-27H,8-13,16-17,23H2,1-3H3,(H,53,55,63)/t26-/m0/s1. The molecule has 5 aromatic heterocycles. The van der Waals surface area contributed by atoms with Gasteiger partial charge in [-0.3, -0.25) is 28.1 Å². The molecule has 340 valence electrons. The number of hydrogen-bond acceptors (Lipinski definition) is 8. The van der Waals surface area contributed by atoms with Crippen LogP contribution in [-0.2, 0) is 23.2 Å². The van der Waals surface area contributed by atoms with Crippen LogP contribution in [0.1, 0.15) is 88.8 Å². The van der Waals surface area contributed by atoms with Gasteiger partial charge in [0.1, 0.15) is 29.4 Å². The van der Waals surface area contributed by atoms with Gasteiger partial charge >= 0.3 is 17.6 Å². The van der Waals surface area contributed by atoms with Crippen LogP contribution in [-0.4, -0.2) is 80.1 Å². The zero-order chi connectivity index (χ0) is 46.0. The Morgan fingerprint density at radius 1 is 0.939 bits per heavy atom. The van der Waals surface area contributed by atoms with Crippen LogP contribution in [0, 0.1) is 25.5 Å². The molecule has 8 aromatic rings. The number of aryl methyl sites for hydroxylation is 2. The number of amides is 1. The monoisotopic (exact) mass is 908 g/mol. The van der Waals surface area contributed by atoms with Crippen LogP contribution < -0.4 is 11.4 Å². The number of imidazole rings is 1. The molecule has 1 amide bonds. The summed E-state index contributed by atoms with van der Waals surface area (Å²) in [6, 6.07) is 13.0. The van der Waals surface area contributed by atoms with Crippen molar-refractivity contribution in [2.24, 2.45) is 0 Å². The number of ether oxygens (including phenoxy) is 1. The number of nitrogens with zero attached hydrogens (tertiary/aromatic N) is 9. The summed E-state index contributed by atoms with van der Waals surface area (Å²) in [6.07, 6.45) is 2.32. The molecule has 3 aliphatic rings. The van der Waals surface area contributed by atoms with Crippen molar-refractivity contribution < 1.29 is 36.0 Å². The molecule has 0 bridgehead atoms. The molecule has 0 radical (unpaired) electrons. The average Bonchev–Trinajstić information content (AvgIpc) is 3.76. The van der Waals surface area contributed by atoms with Gasteiger partial charge in [-0.2, -0.15) is 23.4 Å². The summed E-state index contributed by atoms with van der Waals surface area (Å²) in [5.41, 5.74) is 2.52. The summed E-state index contributed by atoms with van der Waals surface area (Å²) < 4.78 is 88.2. The fraction of sp³-hybridized carbons (Fsp3) is 0.348. The van der Waals surface area contributed by atoms with Gasteiger partial charge < -0.3 is 14.2 Å². The second-order valence-electron chi connectivity index (χ2n) is 17.5. The molecule has 20 heteroatoms. The minimum atomic E-state index is -4.60. The van der Waals surface area contributed by atoms with E-state index in [2.05, 4.69) is 27.4 Å². The number of rotatable bonds is 8. The lowest BCUT2D eigenvalue weighted by Gasteiger charge is -2.34. The second-order valence-corrected chi connectivity index (χ2v) is 17.5. The molecule has 1 atom stereocenters. The van der Waals surface area contributed by atoms with Crippen LogP contribution in [0.5, 0.6) is 0 Å². The Labute approximate surface area is 370 Å². The van der Waals surface area contributed by atoms with Crippen molar-refractivity contribution >= 4 is 27.7 Å². The number of aromatic amines is 1. The first-order valence-corrected chi connectivity index (χ1v) is 21.6. The van der Waals surface area contributed by atoms with Crippen LogP contribution in [0.4, 0.5) is 22.0 Å². The summed E-state index contributed by atoms with van der Waals surface area (Å²) in [7, 11) is 0. The van der Waals surface area contributed by atoms with Gasteiger partial charge in [-0.05, 0) is 112 Å². The maximum atomic E-state index is 16.2. The van der Waals surface area contributed by atoms with Gasteiger partial charge in [-0.15, -0.1) is 0 Å². The van der Waals surface area contributed by atoms with E-state index in [9.17, 15) is 22.8 Å². The van der Waals surface area contributed by atoms with Gasteiger partial charge in [-0.25, -0.2) is 23.1 Å². The molecule has 2 aliphatic heterocycles. The summed E-state index contributed by atoms with van der Waals surface area (Å²) in [5.74, 6) is -1.57. The fourth-order valence-electron chi connectivity index (χ4n) is 10.1. The molecule has 0 unspecified atom stereocenters. The molecule has 15 nitrogen and oxygen atoms in total. The van der Waals surface area contributed by atoms with E-state index in [4.69, 9.17) is 14.4 Å². The lowest BCUT2D eigenvalue weighted by atomic mass is 9.91.